The minimum Gasteiger partial charge on any atom is -0.463 e. The first-order valence-corrected chi connectivity index (χ1v) is 7.52. The molecule has 0 saturated heterocycles. The van der Waals surface area contributed by atoms with Gasteiger partial charge in [0.15, 0.2) is 0 Å². The number of anilines is 1. The third-order valence-corrected chi connectivity index (χ3v) is 3.13. The molecule has 0 aliphatic heterocycles. The molecule has 0 spiro atoms. The van der Waals surface area contributed by atoms with Gasteiger partial charge in [-0.25, -0.2) is 9.59 Å². The van der Waals surface area contributed by atoms with Crippen LogP contribution in [0.1, 0.15) is 19.4 Å². The first-order chi connectivity index (χ1) is 12.4. The number of alkyl halides is 6. The Labute approximate surface area is 149 Å². The van der Waals surface area contributed by atoms with Gasteiger partial charge in [0, 0.05) is 5.69 Å². The highest BCUT2D eigenvalue weighted by atomic mass is 19.4. The largest absolute Gasteiger partial charge is 0.463 e. The van der Waals surface area contributed by atoms with Crippen LogP contribution in [0.25, 0.3) is 0 Å². The first kappa shape index (κ1) is 22.4. The highest BCUT2D eigenvalue weighted by Crippen LogP contribution is 2.39. The highest BCUT2D eigenvalue weighted by Gasteiger charge is 2.64. The number of carbonyl (C=O) groups excluding carboxylic acids is 2. The number of rotatable bonds is 6. The molecule has 0 aliphatic carbocycles. The Bertz CT molecular complexity index is 677. The normalized spacial score (nSPS) is 14.1. The Balaban J connectivity index is 3.54. The van der Waals surface area contributed by atoms with Crippen LogP contribution in [0.3, 0.4) is 0 Å². The summed E-state index contributed by atoms with van der Waals surface area (Å²) >= 11 is 0. The van der Waals surface area contributed by atoms with E-state index in [1.807, 2.05) is 0 Å². The Morgan fingerprint density at radius 2 is 1.52 bits per heavy atom. The molecule has 0 bridgehead atoms. The number of amides is 1. The van der Waals surface area contributed by atoms with Crippen molar-refractivity contribution in [2.45, 2.75) is 31.9 Å². The molecule has 1 aromatic carbocycles. The molecule has 152 valence electrons. The van der Waals surface area contributed by atoms with E-state index >= 15 is 0 Å². The number of hydrogen-bond donors (Lipinski definition) is 2. The van der Waals surface area contributed by atoms with Gasteiger partial charge in [-0.1, -0.05) is 12.1 Å². The number of hydrogen-bond acceptors (Lipinski definition) is 5. The topological polar surface area (TPSA) is 76.7 Å². The average Bonchev–Trinajstić information content (AvgIpc) is 2.53. The highest BCUT2D eigenvalue weighted by molar-refractivity contribution is 5.90. The van der Waals surface area contributed by atoms with E-state index in [4.69, 9.17) is 0 Å². The molecule has 1 atom stereocenters. The van der Waals surface area contributed by atoms with E-state index < -0.39 is 47.9 Å². The second kappa shape index (κ2) is 8.35. The predicted octanol–water partition coefficient (Wildman–Crippen LogP) is 3.69. The number of esters is 1. The van der Waals surface area contributed by atoms with Crippen molar-refractivity contribution in [2.75, 3.05) is 18.5 Å². The summed E-state index contributed by atoms with van der Waals surface area (Å²) in [5.41, 5.74) is -6.57. The van der Waals surface area contributed by atoms with Crippen molar-refractivity contribution < 1.29 is 45.4 Å². The van der Waals surface area contributed by atoms with Crippen LogP contribution in [-0.2, 0) is 20.4 Å². The van der Waals surface area contributed by atoms with Crippen molar-refractivity contribution in [2.24, 2.45) is 0 Å². The summed E-state index contributed by atoms with van der Waals surface area (Å²) in [6.45, 7) is 1.60. The predicted molar refractivity (Wildman–Crippen MR) is 80.6 cm³/mol. The van der Waals surface area contributed by atoms with Gasteiger partial charge < -0.3 is 14.8 Å². The van der Waals surface area contributed by atoms with Gasteiger partial charge in [0.1, 0.15) is 0 Å². The molecule has 1 amide bonds. The van der Waals surface area contributed by atoms with Gasteiger partial charge in [-0.3, -0.25) is 5.32 Å². The maximum Gasteiger partial charge on any atom is 0.442 e. The minimum absolute atomic E-state index is 0.346. The average molecular weight is 402 g/mol. The van der Waals surface area contributed by atoms with Crippen LogP contribution in [0.4, 0.5) is 36.8 Å². The molecule has 0 heterocycles. The van der Waals surface area contributed by atoms with E-state index in [-0.39, 0.29) is 6.61 Å². The number of alkyl carbamates (subject to hydrolysis) is 1. The van der Waals surface area contributed by atoms with E-state index in [1.54, 1.807) is 0 Å². The standard InChI is InChI=1S/C15H16F6N2O4/c1-3-26-11(24)13(15(19,20)21,23-12(25)27-4-2)22-10-8-6-5-7-9(10)14(16,17)18/h5-8,22H,3-4H2,1-2H3,(H,23,25). The van der Waals surface area contributed by atoms with Gasteiger partial charge in [0.2, 0.25) is 0 Å². The summed E-state index contributed by atoms with van der Waals surface area (Å²) < 4.78 is 89.2. The van der Waals surface area contributed by atoms with E-state index in [0.29, 0.717) is 12.1 Å². The molecule has 0 fully saturated rings. The summed E-state index contributed by atoms with van der Waals surface area (Å²) in [6.07, 6.45) is -12.3. The van der Waals surface area contributed by atoms with Crippen molar-refractivity contribution in [3.63, 3.8) is 0 Å². The zero-order valence-electron chi connectivity index (χ0n) is 14.1. The van der Waals surface area contributed by atoms with Crippen molar-refractivity contribution in [1.29, 1.82) is 0 Å². The lowest BCUT2D eigenvalue weighted by molar-refractivity contribution is -0.205. The van der Waals surface area contributed by atoms with Crippen LogP contribution < -0.4 is 10.6 Å². The van der Waals surface area contributed by atoms with Gasteiger partial charge in [-0.2, -0.15) is 26.3 Å². The molecule has 0 aliphatic rings. The van der Waals surface area contributed by atoms with Crippen molar-refractivity contribution in [3.8, 4) is 0 Å². The Morgan fingerprint density at radius 3 is 2.00 bits per heavy atom. The molecule has 1 aromatic rings. The lowest BCUT2D eigenvalue weighted by Gasteiger charge is -2.35. The number of ether oxygens (including phenoxy) is 2. The molecule has 1 unspecified atom stereocenters. The fraction of sp³-hybridized carbons (Fsp3) is 0.467. The van der Waals surface area contributed by atoms with E-state index in [2.05, 4.69) is 9.47 Å². The molecule has 27 heavy (non-hydrogen) atoms. The molecular weight excluding hydrogens is 386 g/mol. The quantitative estimate of drug-likeness (QED) is 0.431. The lowest BCUT2D eigenvalue weighted by Crippen LogP contribution is -2.69. The molecule has 0 saturated carbocycles. The summed E-state index contributed by atoms with van der Waals surface area (Å²) in [4.78, 5) is 23.6. The second-order valence-electron chi connectivity index (χ2n) is 4.98. The summed E-state index contributed by atoms with van der Waals surface area (Å²) in [5.74, 6) is -2.05. The first-order valence-electron chi connectivity index (χ1n) is 7.52. The molecule has 6 nitrogen and oxygen atoms in total. The molecule has 12 heteroatoms. The Hall–Kier alpha value is -2.66. The molecule has 0 radical (unpaired) electrons. The summed E-state index contributed by atoms with van der Waals surface area (Å²) in [5, 5.41) is 2.69. The molecule has 1 rings (SSSR count). The number of benzene rings is 1. The lowest BCUT2D eigenvalue weighted by atomic mass is 10.1. The number of para-hydroxylation sites is 1. The zero-order chi connectivity index (χ0) is 20.9. The summed E-state index contributed by atoms with van der Waals surface area (Å²) in [7, 11) is 0. The molecule has 0 aromatic heterocycles. The fourth-order valence-electron chi connectivity index (χ4n) is 1.99. The van der Waals surface area contributed by atoms with Crippen LogP contribution in [-0.4, -0.2) is 37.1 Å². The Kier molecular flexibility index (Phi) is 6.93. The van der Waals surface area contributed by atoms with E-state index in [9.17, 15) is 35.9 Å². The Morgan fingerprint density at radius 1 is 0.963 bits per heavy atom. The third-order valence-electron chi connectivity index (χ3n) is 3.13. The van der Waals surface area contributed by atoms with Gasteiger partial charge in [-0.05, 0) is 26.0 Å². The van der Waals surface area contributed by atoms with Crippen LogP contribution in [0.2, 0.25) is 0 Å². The van der Waals surface area contributed by atoms with Crippen molar-refractivity contribution in [1.82, 2.24) is 5.32 Å². The fourth-order valence-corrected chi connectivity index (χ4v) is 1.99. The third kappa shape index (κ3) is 5.17. The van der Waals surface area contributed by atoms with E-state index in [0.717, 1.165) is 12.1 Å². The zero-order valence-corrected chi connectivity index (χ0v) is 14.1. The van der Waals surface area contributed by atoms with Gasteiger partial charge in [0.05, 0.1) is 18.8 Å². The van der Waals surface area contributed by atoms with Gasteiger partial charge in [-0.15, -0.1) is 0 Å². The monoisotopic (exact) mass is 402 g/mol. The van der Waals surface area contributed by atoms with Crippen LogP contribution in [0.5, 0.6) is 0 Å². The second-order valence-corrected chi connectivity index (χ2v) is 4.98. The van der Waals surface area contributed by atoms with Crippen LogP contribution in [0.15, 0.2) is 24.3 Å². The van der Waals surface area contributed by atoms with Crippen LogP contribution >= 0.6 is 0 Å². The van der Waals surface area contributed by atoms with Crippen LogP contribution in [0, 0.1) is 0 Å². The number of nitrogens with one attached hydrogen (secondary N) is 2. The van der Waals surface area contributed by atoms with E-state index in [1.165, 1.54) is 24.5 Å². The maximum atomic E-state index is 13.7. The molecule has 2 N–H and O–H groups in total. The molecular formula is C15H16F6N2O4. The summed E-state index contributed by atoms with van der Waals surface area (Å²) in [6, 6.07) is 3.16. The minimum atomic E-state index is -5.58. The smallest absolute Gasteiger partial charge is 0.442 e. The van der Waals surface area contributed by atoms with Gasteiger partial charge in [0.25, 0.3) is 0 Å². The maximum absolute atomic E-state index is 13.7. The van der Waals surface area contributed by atoms with Crippen molar-refractivity contribution in [3.05, 3.63) is 29.8 Å². The van der Waals surface area contributed by atoms with Gasteiger partial charge >= 0.3 is 30.1 Å². The number of halogens is 6. The number of carbonyl (C=O) groups is 2. The van der Waals surface area contributed by atoms with Crippen molar-refractivity contribution >= 4 is 17.7 Å². The SMILES string of the molecule is CCOC(=O)NC(Nc1ccccc1C(F)(F)F)(C(=O)OCC)C(F)(F)F.